The number of benzene rings is 1. The molecule has 4 aliphatic rings. The second-order valence-corrected chi connectivity index (χ2v) is 10.2. The molecule has 5 nitrogen and oxygen atoms in total. The molecule has 5 rings (SSSR count). The Hall–Kier alpha value is -1.88. The summed E-state index contributed by atoms with van der Waals surface area (Å²) in [7, 11) is 0. The fourth-order valence-electron chi connectivity index (χ4n) is 6.90. The highest BCUT2D eigenvalue weighted by atomic mass is 16.3. The number of aromatic hydroxyl groups is 1. The molecule has 0 radical (unpaired) electrons. The Labute approximate surface area is 179 Å². The van der Waals surface area contributed by atoms with Crippen molar-refractivity contribution in [2.24, 2.45) is 17.3 Å². The maximum Gasteiger partial charge on any atom is 0.235 e. The number of hydrogen-bond acceptors (Lipinski definition) is 4. The van der Waals surface area contributed by atoms with Crippen LogP contribution in [0.4, 0.5) is 0 Å². The molecule has 0 aromatic heterocycles. The van der Waals surface area contributed by atoms with E-state index in [9.17, 15) is 14.7 Å². The number of rotatable bonds is 3. The Morgan fingerprint density at radius 2 is 1.90 bits per heavy atom. The average molecular weight is 411 g/mol. The van der Waals surface area contributed by atoms with Crippen molar-refractivity contribution in [1.29, 1.82) is 0 Å². The summed E-state index contributed by atoms with van der Waals surface area (Å²) < 4.78 is 0. The van der Waals surface area contributed by atoms with Gasteiger partial charge in [-0.25, -0.2) is 0 Å². The summed E-state index contributed by atoms with van der Waals surface area (Å²) in [6, 6.07) is 5.76. The molecule has 4 atom stereocenters. The van der Waals surface area contributed by atoms with Gasteiger partial charge in [0.15, 0.2) is 0 Å². The summed E-state index contributed by atoms with van der Waals surface area (Å²) in [5.41, 5.74) is 2.17. The number of imide groups is 1. The maximum absolute atomic E-state index is 13.6. The van der Waals surface area contributed by atoms with Gasteiger partial charge in [0.05, 0.1) is 5.41 Å². The lowest BCUT2D eigenvalue weighted by Crippen LogP contribution is -2.60. The van der Waals surface area contributed by atoms with E-state index in [2.05, 4.69) is 17.9 Å². The number of carbonyl (C=O) groups is 2. The average Bonchev–Trinajstić information content (AvgIpc) is 2.75. The van der Waals surface area contributed by atoms with Crippen molar-refractivity contribution < 1.29 is 14.7 Å². The number of hydrogen-bond donors (Lipinski definition) is 1. The van der Waals surface area contributed by atoms with E-state index in [1.54, 1.807) is 11.0 Å². The largest absolute Gasteiger partial charge is 0.508 e. The first-order valence-electron chi connectivity index (χ1n) is 11.9. The topological polar surface area (TPSA) is 60.9 Å². The minimum atomic E-state index is -0.411. The SMILES string of the molecule is C[C@]12CC[C@@H]3c4ccc(O)cc4CC[C@H]3[C@@H]1CC(=O)N(CCN1CCCCC1)C2=O. The Balaban J connectivity index is 1.34. The Bertz CT molecular complexity index is 847. The van der Waals surface area contributed by atoms with Crippen LogP contribution in [0.3, 0.4) is 0 Å². The smallest absolute Gasteiger partial charge is 0.235 e. The highest BCUT2D eigenvalue weighted by Gasteiger charge is 2.57. The summed E-state index contributed by atoms with van der Waals surface area (Å²) in [4.78, 5) is 30.7. The monoisotopic (exact) mass is 410 g/mol. The van der Waals surface area contributed by atoms with Gasteiger partial charge in [-0.3, -0.25) is 14.5 Å². The second kappa shape index (κ2) is 7.67. The first-order chi connectivity index (χ1) is 14.5. The number of fused-ring (bicyclic) bond motifs is 5. The van der Waals surface area contributed by atoms with Crippen molar-refractivity contribution >= 4 is 11.8 Å². The molecule has 1 N–H and O–H groups in total. The highest BCUT2D eigenvalue weighted by Crippen LogP contribution is 2.58. The third-order valence-electron chi connectivity index (χ3n) is 8.62. The van der Waals surface area contributed by atoms with E-state index in [1.165, 1.54) is 30.4 Å². The molecule has 162 valence electrons. The van der Waals surface area contributed by atoms with E-state index < -0.39 is 5.41 Å². The molecule has 2 aliphatic heterocycles. The predicted molar refractivity (Wildman–Crippen MR) is 115 cm³/mol. The van der Waals surface area contributed by atoms with Crippen LogP contribution in [-0.2, 0) is 16.0 Å². The van der Waals surface area contributed by atoms with Crippen LogP contribution < -0.4 is 0 Å². The molecule has 0 bridgehead atoms. The standard InChI is InChI=1S/C25H34N2O3/c1-25-10-9-20-19-8-6-18(28)15-17(19)5-7-21(20)22(25)16-23(29)27(24(25)30)14-13-26-11-3-2-4-12-26/h6,8,15,20-22,28H,2-5,7,9-14,16H2,1H3/t20-,21-,22+,25+/m1/s1. The van der Waals surface area contributed by atoms with Gasteiger partial charge in [-0.15, -0.1) is 0 Å². The zero-order valence-corrected chi connectivity index (χ0v) is 18.1. The summed E-state index contributed by atoms with van der Waals surface area (Å²) >= 11 is 0. The van der Waals surface area contributed by atoms with Crippen molar-refractivity contribution in [1.82, 2.24) is 9.80 Å². The molecule has 5 heteroatoms. The minimum Gasteiger partial charge on any atom is -0.508 e. The van der Waals surface area contributed by atoms with Gasteiger partial charge in [-0.05, 0) is 92.6 Å². The van der Waals surface area contributed by atoms with Gasteiger partial charge in [-0.1, -0.05) is 19.4 Å². The lowest BCUT2D eigenvalue weighted by Gasteiger charge is -2.54. The summed E-state index contributed by atoms with van der Waals surface area (Å²) in [6.07, 6.45) is 8.04. The van der Waals surface area contributed by atoms with Gasteiger partial charge >= 0.3 is 0 Å². The van der Waals surface area contributed by atoms with Crippen LogP contribution >= 0.6 is 0 Å². The van der Waals surface area contributed by atoms with Crippen LogP contribution in [0.15, 0.2) is 18.2 Å². The number of nitrogens with zero attached hydrogens (tertiary/aromatic N) is 2. The number of piperidine rings is 2. The number of likely N-dealkylation sites (tertiary alicyclic amines) is 2. The molecular weight excluding hydrogens is 376 g/mol. The van der Waals surface area contributed by atoms with Gasteiger partial charge in [0.25, 0.3) is 0 Å². The Morgan fingerprint density at radius 1 is 1.10 bits per heavy atom. The van der Waals surface area contributed by atoms with E-state index in [1.807, 2.05) is 6.07 Å². The second-order valence-electron chi connectivity index (χ2n) is 10.2. The lowest BCUT2D eigenvalue weighted by molar-refractivity contribution is -0.167. The molecule has 1 saturated carbocycles. The minimum absolute atomic E-state index is 0.0386. The van der Waals surface area contributed by atoms with Crippen molar-refractivity contribution in [2.75, 3.05) is 26.2 Å². The molecule has 2 heterocycles. The van der Waals surface area contributed by atoms with Crippen molar-refractivity contribution in [3.8, 4) is 5.75 Å². The summed E-state index contributed by atoms with van der Waals surface area (Å²) in [5, 5.41) is 9.86. The number of carbonyl (C=O) groups excluding carboxylic acids is 2. The normalized spacial score (nSPS) is 34.3. The van der Waals surface area contributed by atoms with Crippen molar-refractivity contribution in [2.45, 2.75) is 64.2 Å². The molecular formula is C25H34N2O3. The molecule has 30 heavy (non-hydrogen) atoms. The molecule has 0 spiro atoms. The van der Waals surface area contributed by atoms with E-state index >= 15 is 0 Å². The Kier molecular flexibility index (Phi) is 5.12. The van der Waals surface area contributed by atoms with E-state index in [0.717, 1.165) is 45.3 Å². The molecule has 0 unspecified atom stereocenters. The summed E-state index contributed by atoms with van der Waals surface area (Å²) in [6.45, 7) is 5.68. The molecule has 1 aromatic carbocycles. The van der Waals surface area contributed by atoms with Crippen LogP contribution in [-0.4, -0.2) is 52.9 Å². The predicted octanol–water partition coefficient (Wildman–Crippen LogP) is 3.70. The third kappa shape index (κ3) is 3.26. The summed E-state index contributed by atoms with van der Waals surface area (Å²) in [5.74, 6) is 1.39. The van der Waals surface area contributed by atoms with E-state index in [0.29, 0.717) is 30.6 Å². The number of phenolic OH excluding ortho intramolecular Hbond substituents is 1. The number of phenols is 1. The zero-order chi connectivity index (χ0) is 20.9. The fraction of sp³-hybridized carbons (Fsp3) is 0.680. The lowest BCUT2D eigenvalue weighted by atomic mass is 9.52. The molecule has 2 aliphatic carbocycles. The van der Waals surface area contributed by atoms with Gasteiger partial charge in [0.1, 0.15) is 5.75 Å². The van der Waals surface area contributed by atoms with Gasteiger partial charge < -0.3 is 10.0 Å². The van der Waals surface area contributed by atoms with Gasteiger partial charge in [0.2, 0.25) is 11.8 Å². The van der Waals surface area contributed by atoms with Crippen LogP contribution in [0.5, 0.6) is 5.75 Å². The van der Waals surface area contributed by atoms with Crippen LogP contribution in [0.25, 0.3) is 0 Å². The van der Waals surface area contributed by atoms with Crippen LogP contribution in [0, 0.1) is 17.3 Å². The van der Waals surface area contributed by atoms with Gasteiger partial charge in [-0.2, -0.15) is 0 Å². The third-order valence-corrected chi connectivity index (χ3v) is 8.62. The van der Waals surface area contributed by atoms with Crippen molar-refractivity contribution in [3.63, 3.8) is 0 Å². The molecule has 2 saturated heterocycles. The molecule has 2 amide bonds. The van der Waals surface area contributed by atoms with Crippen LogP contribution in [0.2, 0.25) is 0 Å². The number of aryl methyl sites for hydroxylation is 1. The Morgan fingerprint density at radius 3 is 2.70 bits per heavy atom. The molecule has 3 fully saturated rings. The highest BCUT2D eigenvalue weighted by molar-refractivity contribution is 6.01. The molecule has 1 aromatic rings. The quantitative estimate of drug-likeness (QED) is 0.772. The van der Waals surface area contributed by atoms with Crippen molar-refractivity contribution in [3.05, 3.63) is 29.3 Å². The van der Waals surface area contributed by atoms with Gasteiger partial charge in [0, 0.05) is 19.5 Å². The maximum atomic E-state index is 13.6. The zero-order valence-electron chi connectivity index (χ0n) is 18.1. The fourth-order valence-corrected chi connectivity index (χ4v) is 6.90. The first kappa shape index (κ1) is 20.0. The number of amides is 2. The van der Waals surface area contributed by atoms with E-state index in [-0.39, 0.29) is 17.7 Å². The first-order valence-corrected chi connectivity index (χ1v) is 11.9. The van der Waals surface area contributed by atoms with E-state index in [4.69, 9.17) is 0 Å². The van der Waals surface area contributed by atoms with Crippen LogP contribution in [0.1, 0.15) is 68.9 Å².